The lowest BCUT2D eigenvalue weighted by Crippen LogP contribution is -2.43. The molecule has 1 aromatic rings. The van der Waals surface area contributed by atoms with Crippen LogP contribution in [-0.4, -0.2) is 34.7 Å². The second-order valence-electron chi connectivity index (χ2n) is 4.32. The van der Waals surface area contributed by atoms with Gasteiger partial charge in [0.2, 0.25) is 0 Å². The van der Waals surface area contributed by atoms with Crippen LogP contribution in [-0.2, 0) is 4.79 Å². The van der Waals surface area contributed by atoms with E-state index in [9.17, 15) is 9.59 Å². The van der Waals surface area contributed by atoms with Crippen LogP contribution in [0, 0.1) is 0 Å². The molecule has 18 heavy (non-hydrogen) atoms. The fraction of sp³-hybridized carbons (Fsp3) is 0.385. The summed E-state index contributed by atoms with van der Waals surface area (Å²) in [6.07, 6.45) is 0. The third kappa shape index (κ3) is 3.56. The number of aliphatic hydroxyl groups is 1. The van der Waals surface area contributed by atoms with Crippen LogP contribution in [0.15, 0.2) is 24.3 Å². The molecule has 98 valence electrons. The van der Waals surface area contributed by atoms with Crippen molar-refractivity contribution in [1.82, 2.24) is 5.32 Å². The van der Waals surface area contributed by atoms with E-state index >= 15 is 0 Å². The number of amides is 1. The molecule has 0 aromatic heterocycles. The van der Waals surface area contributed by atoms with Gasteiger partial charge in [0.05, 0.1) is 6.61 Å². The van der Waals surface area contributed by atoms with Crippen molar-refractivity contribution in [3.05, 3.63) is 35.4 Å². The van der Waals surface area contributed by atoms with E-state index in [0.29, 0.717) is 11.5 Å². The smallest absolute Gasteiger partial charge is 0.328 e. The molecule has 1 aromatic carbocycles. The van der Waals surface area contributed by atoms with Gasteiger partial charge in [-0.2, -0.15) is 0 Å². The van der Waals surface area contributed by atoms with Crippen LogP contribution in [0.25, 0.3) is 0 Å². The summed E-state index contributed by atoms with van der Waals surface area (Å²) in [6.45, 7) is 3.45. The van der Waals surface area contributed by atoms with Gasteiger partial charge in [0.1, 0.15) is 0 Å². The van der Waals surface area contributed by atoms with E-state index in [2.05, 4.69) is 5.32 Å². The number of benzene rings is 1. The fourth-order valence-electron chi connectivity index (χ4n) is 1.45. The van der Waals surface area contributed by atoms with Crippen molar-refractivity contribution in [3.63, 3.8) is 0 Å². The van der Waals surface area contributed by atoms with E-state index < -0.39 is 24.5 Å². The summed E-state index contributed by atoms with van der Waals surface area (Å²) in [6, 6.07) is 5.66. The molecule has 0 radical (unpaired) electrons. The lowest BCUT2D eigenvalue weighted by molar-refractivity contribution is -0.140. The Hall–Kier alpha value is -1.88. The van der Waals surface area contributed by atoms with Gasteiger partial charge in [0.15, 0.2) is 6.04 Å². The summed E-state index contributed by atoms with van der Waals surface area (Å²) in [5.74, 6) is -1.40. The maximum Gasteiger partial charge on any atom is 0.328 e. The lowest BCUT2D eigenvalue weighted by Gasteiger charge is -2.12. The molecule has 1 amide bonds. The number of aliphatic hydroxyl groups excluding tert-OH is 1. The molecule has 5 nitrogen and oxygen atoms in total. The van der Waals surface area contributed by atoms with Crippen molar-refractivity contribution in [2.75, 3.05) is 6.61 Å². The minimum Gasteiger partial charge on any atom is -0.480 e. The molecule has 0 saturated carbocycles. The van der Waals surface area contributed by atoms with Crippen molar-refractivity contribution >= 4 is 11.9 Å². The summed E-state index contributed by atoms with van der Waals surface area (Å²) in [4.78, 5) is 22.4. The van der Waals surface area contributed by atoms with Crippen LogP contribution in [0.2, 0.25) is 0 Å². The number of hydrogen-bond acceptors (Lipinski definition) is 3. The van der Waals surface area contributed by atoms with E-state index in [1.807, 2.05) is 26.0 Å². The first-order chi connectivity index (χ1) is 8.45. The minimum absolute atomic E-state index is 0.367. The standard InChI is InChI=1S/C13H17NO4/c1-8(2)9-3-5-10(6-4-9)12(16)14-11(7-15)13(17)18/h3-6,8,11,15H,7H2,1-2H3,(H,14,16)(H,17,18)/t11-/m0/s1. The molecule has 5 heteroatoms. The third-order valence-electron chi connectivity index (χ3n) is 2.63. The number of carboxylic acid groups (broad SMARTS) is 1. The highest BCUT2D eigenvalue weighted by Crippen LogP contribution is 2.14. The number of carbonyl (C=O) groups is 2. The quantitative estimate of drug-likeness (QED) is 0.728. The zero-order valence-electron chi connectivity index (χ0n) is 10.4. The van der Waals surface area contributed by atoms with Crippen LogP contribution in [0.4, 0.5) is 0 Å². The normalized spacial score (nSPS) is 12.2. The van der Waals surface area contributed by atoms with Crippen LogP contribution >= 0.6 is 0 Å². The topological polar surface area (TPSA) is 86.6 Å². The van der Waals surface area contributed by atoms with Gasteiger partial charge in [0, 0.05) is 5.56 Å². The van der Waals surface area contributed by atoms with Crippen LogP contribution in [0.5, 0.6) is 0 Å². The average Bonchev–Trinajstić information content (AvgIpc) is 2.35. The van der Waals surface area contributed by atoms with Crippen LogP contribution in [0.1, 0.15) is 35.7 Å². The van der Waals surface area contributed by atoms with Gasteiger partial charge in [-0.3, -0.25) is 4.79 Å². The van der Waals surface area contributed by atoms with Gasteiger partial charge in [-0.15, -0.1) is 0 Å². The largest absolute Gasteiger partial charge is 0.480 e. The molecule has 0 fully saturated rings. The van der Waals surface area contributed by atoms with E-state index in [1.54, 1.807) is 12.1 Å². The van der Waals surface area contributed by atoms with Gasteiger partial charge in [-0.05, 0) is 23.6 Å². The molecule has 0 saturated heterocycles. The zero-order valence-corrected chi connectivity index (χ0v) is 10.4. The monoisotopic (exact) mass is 251 g/mol. The second-order valence-corrected chi connectivity index (χ2v) is 4.32. The average molecular weight is 251 g/mol. The van der Waals surface area contributed by atoms with Gasteiger partial charge < -0.3 is 15.5 Å². The van der Waals surface area contributed by atoms with Crippen molar-refractivity contribution in [2.24, 2.45) is 0 Å². The van der Waals surface area contributed by atoms with Crippen molar-refractivity contribution in [1.29, 1.82) is 0 Å². The molecule has 3 N–H and O–H groups in total. The number of rotatable bonds is 5. The van der Waals surface area contributed by atoms with Crippen molar-refractivity contribution < 1.29 is 19.8 Å². The Morgan fingerprint density at radius 1 is 1.22 bits per heavy atom. The van der Waals surface area contributed by atoms with Crippen molar-refractivity contribution in [3.8, 4) is 0 Å². The summed E-state index contributed by atoms with van der Waals surface area (Å²) in [7, 11) is 0. The summed E-state index contributed by atoms with van der Waals surface area (Å²) < 4.78 is 0. The molecule has 0 spiro atoms. The van der Waals surface area contributed by atoms with E-state index in [-0.39, 0.29) is 0 Å². The summed E-state index contributed by atoms with van der Waals surface area (Å²) in [5, 5.41) is 19.8. The Morgan fingerprint density at radius 3 is 2.17 bits per heavy atom. The predicted molar refractivity (Wildman–Crippen MR) is 66.5 cm³/mol. The molecular formula is C13H17NO4. The molecule has 0 unspecified atom stereocenters. The molecule has 0 aliphatic rings. The highest BCUT2D eigenvalue weighted by Gasteiger charge is 2.19. The molecule has 0 aliphatic heterocycles. The number of carbonyl (C=O) groups excluding carboxylic acids is 1. The molecular weight excluding hydrogens is 234 g/mol. The second kappa shape index (κ2) is 6.16. The third-order valence-corrected chi connectivity index (χ3v) is 2.63. The Morgan fingerprint density at radius 2 is 1.78 bits per heavy atom. The number of aliphatic carboxylic acids is 1. The zero-order chi connectivity index (χ0) is 13.7. The predicted octanol–water partition coefficient (Wildman–Crippen LogP) is 0.985. The first kappa shape index (κ1) is 14.2. The minimum atomic E-state index is -1.28. The number of nitrogens with one attached hydrogen (secondary N) is 1. The SMILES string of the molecule is CC(C)c1ccc(C(=O)N[C@@H](CO)C(=O)O)cc1. The number of hydrogen-bond donors (Lipinski definition) is 3. The molecule has 1 rings (SSSR count). The first-order valence-electron chi connectivity index (χ1n) is 5.70. The van der Waals surface area contributed by atoms with Crippen LogP contribution in [0.3, 0.4) is 0 Å². The Kier molecular flexibility index (Phi) is 4.85. The first-order valence-corrected chi connectivity index (χ1v) is 5.70. The maximum absolute atomic E-state index is 11.7. The van der Waals surface area contributed by atoms with Crippen LogP contribution < -0.4 is 5.32 Å². The Bertz CT molecular complexity index is 425. The van der Waals surface area contributed by atoms with E-state index in [0.717, 1.165) is 5.56 Å². The summed E-state index contributed by atoms with van der Waals surface area (Å²) >= 11 is 0. The van der Waals surface area contributed by atoms with E-state index in [1.165, 1.54) is 0 Å². The van der Waals surface area contributed by atoms with Gasteiger partial charge >= 0.3 is 5.97 Å². The van der Waals surface area contributed by atoms with Gasteiger partial charge in [-0.25, -0.2) is 4.79 Å². The molecule has 1 atom stereocenters. The molecule has 0 heterocycles. The highest BCUT2D eigenvalue weighted by atomic mass is 16.4. The van der Waals surface area contributed by atoms with E-state index in [4.69, 9.17) is 10.2 Å². The van der Waals surface area contributed by atoms with Gasteiger partial charge in [0.25, 0.3) is 5.91 Å². The Balaban J connectivity index is 2.75. The highest BCUT2D eigenvalue weighted by molar-refractivity contribution is 5.96. The molecule has 0 aliphatic carbocycles. The van der Waals surface area contributed by atoms with Gasteiger partial charge in [-0.1, -0.05) is 26.0 Å². The maximum atomic E-state index is 11.7. The number of carboxylic acids is 1. The fourth-order valence-corrected chi connectivity index (χ4v) is 1.45. The summed E-state index contributed by atoms with van der Waals surface area (Å²) in [5.41, 5.74) is 1.47. The Labute approximate surface area is 105 Å². The van der Waals surface area contributed by atoms with Crippen molar-refractivity contribution in [2.45, 2.75) is 25.8 Å². The lowest BCUT2D eigenvalue weighted by atomic mass is 10.0. The molecule has 0 bridgehead atoms.